The van der Waals surface area contributed by atoms with Gasteiger partial charge in [-0.05, 0) is 51.7 Å². The highest BCUT2D eigenvalue weighted by molar-refractivity contribution is 7.11. The van der Waals surface area contributed by atoms with Crippen LogP contribution in [-0.2, 0) is 6.42 Å². The van der Waals surface area contributed by atoms with Crippen molar-refractivity contribution in [2.24, 2.45) is 0 Å². The maximum atomic E-state index is 11.7. The van der Waals surface area contributed by atoms with Gasteiger partial charge in [-0.15, -0.1) is 11.3 Å². The van der Waals surface area contributed by atoms with Crippen molar-refractivity contribution in [1.82, 2.24) is 0 Å². The lowest BCUT2D eigenvalue weighted by atomic mass is 10.0. The van der Waals surface area contributed by atoms with Crippen LogP contribution in [0.4, 0.5) is 0 Å². The zero-order chi connectivity index (χ0) is 27.2. The highest BCUT2D eigenvalue weighted by Crippen LogP contribution is 2.25. The number of rotatable bonds is 11. The molecule has 0 fully saturated rings. The van der Waals surface area contributed by atoms with Gasteiger partial charge in [0, 0.05) is 28.2 Å². The number of hydrogen-bond acceptors (Lipinski definition) is 5. The summed E-state index contributed by atoms with van der Waals surface area (Å²) in [7, 11) is 0. The second-order valence-electron chi connectivity index (χ2n) is 7.84. The molecule has 0 radical (unpaired) electrons. The van der Waals surface area contributed by atoms with E-state index in [4.69, 9.17) is 4.42 Å². The Hall–Kier alpha value is -2.14. The van der Waals surface area contributed by atoms with Crippen LogP contribution in [0.5, 0.6) is 5.75 Å². The molecule has 1 atom stereocenters. The molecular formula is C30H50O4S. The molecule has 0 aliphatic rings. The third-order valence-corrected chi connectivity index (χ3v) is 6.17. The van der Waals surface area contributed by atoms with Gasteiger partial charge >= 0.3 is 5.63 Å². The molecule has 5 heteroatoms. The smallest absolute Gasteiger partial charge is 0.350 e. The normalized spacial score (nSPS) is 10.9. The van der Waals surface area contributed by atoms with Crippen molar-refractivity contribution in [3.63, 3.8) is 0 Å². The van der Waals surface area contributed by atoms with Crippen molar-refractivity contribution in [1.29, 1.82) is 0 Å². The number of aromatic hydroxyl groups is 1. The van der Waals surface area contributed by atoms with Crippen molar-refractivity contribution in [2.45, 2.75) is 120 Å². The lowest BCUT2D eigenvalue weighted by molar-refractivity contribution is 0.0980. The molecule has 0 saturated carbocycles. The fraction of sp³-hybridized carbons (Fsp3) is 0.600. The molecule has 0 aliphatic heterocycles. The molecule has 0 aliphatic carbocycles. The molecule has 2 aromatic heterocycles. The lowest BCUT2D eigenvalue weighted by Crippen LogP contribution is -2.15. The van der Waals surface area contributed by atoms with Gasteiger partial charge < -0.3 is 9.52 Å². The van der Waals surface area contributed by atoms with Gasteiger partial charge in [0.1, 0.15) is 17.1 Å². The van der Waals surface area contributed by atoms with Crippen LogP contribution in [0.1, 0.15) is 132 Å². The summed E-state index contributed by atoms with van der Waals surface area (Å²) in [6.45, 7) is 17.9. The van der Waals surface area contributed by atoms with E-state index in [0.29, 0.717) is 5.76 Å². The van der Waals surface area contributed by atoms with Crippen molar-refractivity contribution < 1.29 is 14.3 Å². The van der Waals surface area contributed by atoms with Gasteiger partial charge in [0.05, 0.1) is 0 Å². The van der Waals surface area contributed by atoms with Crippen LogP contribution in [0.15, 0.2) is 39.6 Å². The first-order valence-corrected chi connectivity index (χ1v) is 14.2. The topological polar surface area (TPSA) is 67.5 Å². The molecule has 0 spiro atoms. The lowest BCUT2D eigenvalue weighted by Gasteiger charge is -2.10. The monoisotopic (exact) mass is 506 g/mol. The summed E-state index contributed by atoms with van der Waals surface area (Å²) in [6, 6.07) is 5.87. The number of aryl methyl sites for hydroxylation is 2. The number of thiophene rings is 1. The minimum Gasteiger partial charge on any atom is -0.507 e. The Kier molecular flexibility index (Phi) is 22.3. The maximum absolute atomic E-state index is 11.7. The van der Waals surface area contributed by atoms with E-state index in [0.717, 1.165) is 12.8 Å². The van der Waals surface area contributed by atoms with Crippen LogP contribution in [0.3, 0.4) is 0 Å². The quantitative estimate of drug-likeness (QED) is 0.187. The molecule has 4 nitrogen and oxygen atoms in total. The molecule has 0 saturated heterocycles. The van der Waals surface area contributed by atoms with Crippen LogP contribution < -0.4 is 5.63 Å². The Morgan fingerprint density at radius 1 is 1.11 bits per heavy atom. The van der Waals surface area contributed by atoms with E-state index >= 15 is 0 Å². The Morgan fingerprint density at radius 2 is 1.77 bits per heavy atom. The highest BCUT2D eigenvalue weighted by atomic mass is 32.1. The zero-order valence-corrected chi connectivity index (χ0v) is 24.5. The van der Waals surface area contributed by atoms with E-state index in [1.54, 1.807) is 11.8 Å². The standard InChI is InChI=1S/C15H20O4.C11H18S.2C2H6/c1-4-6-7-8-10(3)13-9-12(17)14(11(16)5-2)15(18)19-13;1-3-4-5-6-7-11-9-8-10(2)12-11;2*1-2/h4,6,9-10,17H,5,7-8H2,1-3H3;8-9H,3-7H2,1-2H3;2*1-2H3/b6-4+;;;. The third-order valence-electron chi connectivity index (χ3n) is 5.11. The van der Waals surface area contributed by atoms with Gasteiger partial charge in [0.2, 0.25) is 0 Å². The molecule has 35 heavy (non-hydrogen) atoms. The molecule has 2 rings (SSSR count). The molecule has 0 aromatic carbocycles. The summed E-state index contributed by atoms with van der Waals surface area (Å²) >= 11 is 1.95. The van der Waals surface area contributed by atoms with Gasteiger partial charge in [-0.2, -0.15) is 0 Å². The van der Waals surface area contributed by atoms with Crippen LogP contribution in [0.2, 0.25) is 0 Å². The van der Waals surface area contributed by atoms with Gasteiger partial charge in [0.15, 0.2) is 5.78 Å². The number of carbonyl (C=O) groups excluding carboxylic acids is 1. The summed E-state index contributed by atoms with van der Waals surface area (Å²) in [5.41, 5.74) is -0.994. The largest absolute Gasteiger partial charge is 0.507 e. The minimum atomic E-state index is -0.750. The predicted octanol–water partition coefficient (Wildman–Crippen LogP) is 9.63. The highest BCUT2D eigenvalue weighted by Gasteiger charge is 2.19. The predicted molar refractivity (Wildman–Crippen MR) is 153 cm³/mol. The van der Waals surface area contributed by atoms with Crippen LogP contribution in [0, 0.1) is 6.92 Å². The number of unbranched alkanes of at least 4 members (excludes halogenated alkanes) is 3. The van der Waals surface area contributed by atoms with E-state index in [2.05, 4.69) is 26.0 Å². The molecule has 2 aromatic rings. The zero-order valence-electron chi connectivity index (χ0n) is 23.7. The second kappa shape index (κ2) is 22.3. The number of ketones is 1. The molecule has 0 amide bonds. The fourth-order valence-corrected chi connectivity index (χ4v) is 4.11. The minimum absolute atomic E-state index is 0.0144. The van der Waals surface area contributed by atoms with E-state index < -0.39 is 11.4 Å². The number of hydrogen-bond donors (Lipinski definition) is 1. The number of Topliss-reactive ketones (excluding diaryl/α,β-unsaturated/α-hetero) is 1. The van der Waals surface area contributed by atoms with E-state index in [1.807, 2.05) is 65.0 Å². The molecular weight excluding hydrogens is 456 g/mol. The van der Waals surface area contributed by atoms with Crippen molar-refractivity contribution in [3.05, 3.63) is 61.8 Å². The van der Waals surface area contributed by atoms with Crippen molar-refractivity contribution in [2.75, 3.05) is 0 Å². The summed E-state index contributed by atoms with van der Waals surface area (Å²) in [5, 5.41) is 9.80. The summed E-state index contributed by atoms with van der Waals surface area (Å²) < 4.78 is 5.14. The first kappa shape index (κ1) is 35.0. The van der Waals surface area contributed by atoms with Crippen LogP contribution in [0.25, 0.3) is 0 Å². The van der Waals surface area contributed by atoms with E-state index in [-0.39, 0.29) is 23.7 Å². The molecule has 1 unspecified atom stereocenters. The Bertz CT molecular complexity index is 877. The van der Waals surface area contributed by atoms with Crippen molar-refractivity contribution >= 4 is 17.1 Å². The third kappa shape index (κ3) is 14.8. The van der Waals surface area contributed by atoms with E-state index in [1.165, 1.54) is 43.0 Å². The van der Waals surface area contributed by atoms with Gasteiger partial charge in [0.25, 0.3) is 0 Å². The van der Waals surface area contributed by atoms with Gasteiger partial charge in [-0.3, -0.25) is 4.79 Å². The summed E-state index contributed by atoms with van der Waals surface area (Å²) in [4.78, 5) is 26.3. The van der Waals surface area contributed by atoms with Gasteiger partial charge in [-0.1, -0.05) is 79.9 Å². The average molecular weight is 507 g/mol. The van der Waals surface area contributed by atoms with Gasteiger partial charge in [-0.25, -0.2) is 4.79 Å². The fourth-order valence-electron chi connectivity index (χ4n) is 3.18. The Labute approximate surface area is 218 Å². The first-order valence-electron chi connectivity index (χ1n) is 13.4. The number of carbonyl (C=O) groups is 1. The molecule has 2 heterocycles. The molecule has 200 valence electrons. The number of allylic oxidation sites excluding steroid dienone is 2. The van der Waals surface area contributed by atoms with Crippen molar-refractivity contribution in [3.8, 4) is 5.75 Å². The first-order chi connectivity index (χ1) is 16.8. The summed E-state index contributed by atoms with van der Waals surface area (Å²) in [6.07, 6.45) is 12.6. The van der Waals surface area contributed by atoms with E-state index in [9.17, 15) is 14.7 Å². The Balaban J connectivity index is 0. The average Bonchev–Trinajstić information content (AvgIpc) is 3.29. The van der Waals surface area contributed by atoms with Crippen LogP contribution >= 0.6 is 11.3 Å². The maximum Gasteiger partial charge on any atom is 0.350 e. The SMILES string of the molecule is C/C=C/CCC(C)c1cc(O)c(C(=O)CC)c(=O)o1.CC.CC.CCCCCCc1ccc(C)s1. The molecule has 0 bridgehead atoms. The van der Waals surface area contributed by atoms with Crippen LogP contribution in [-0.4, -0.2) is 10.9 Å². The summed E-state index contributed by atoms with van der Waals surface area (Å²) in [5.74, 6) is -0.254. The second-order valence-corrected chi connectivity index (χ2v) is 9.22. The molecule has 1 N–H and O–H groups in total. The Morgan fingerprint density at radius 3 is 2.26 bits per heavy atom.